The first kappa shape index (κ1) is 17.8. The molecule has 0 amide bonds. The second-order valence-corrected chi connectivity index (χ2v) is 6.55. The van der Waals surface area contributed by atoms with E-state index >= 15 is 0 Å². The molecule has 2 heterocycles. The number of benzene rings is 1. The third-order valence-electron chi connectivity index (χ3n) is 4.57. The first-order chi connectivity index (χ1) is 12.2. The SMILES string of the molecule is CC.Nc1nc(Cl)c(N2CCN(c3ccccc3)CC2)c(C2CC2)n1. The molecule has 0 unspecified atom stereocenters. The minimum absolute atomic E-state index is 0.281. The predicted molar refractivity (Wildman–Crippen MR) is 106 cm³/mol. The lowest BCUT2D eigenvalue weighted by Gasteiger charge is -2.38. The molecule has 2 fully saturated rings. The molecule has 2 aromatic rings. The van der Waals surface area contributed by atoms with Crippen LogP contribution in [-0.4, -0.2) is 36.1 Å². The van der Waals surface area contributed by atoms with Crippen molar-refractivity contribution in [3.63, 3.8) is 0 Å². The Morgan fingerprint density at radius 3 is 2.16 bits per heavy atom. The molecule has 1 aromatic heterocycles. The molecule has 6 heteroatoms. The molecular weight excluding hydrogens is 334 g/mol. The normalized spacial score (nSPS) is 17.1. The van der Waals surface area contributed by atoms with Crippen LogP contribution in [0.5, 0.6) is 0 Å². The molecule has 2 aliphatic rings. The monoisotopic (exact) mass is 359 g/mol. The van der Waals surface area contributed by atoms with Crippen LogP contribution in [0.1, 0.15) is 38.3 Å². The number of hydrogen-bond donors (Lipinski definition) is 1. The number of para-hydroxylation sites is 1. The number of nitrogens with zero attached hydrogens (tertiary/aromatic N) is 4. The zero-order valence-electron chi connectivity index (χ0n) is 15.0. The molecule has 5 nitrogen and oxygen atoms in total. The number of piperazine rings is 1. The Morgan fingerprint density at radius 1 is 0.960 bits per heavy atom. The summed E-state index contributed by atoms with van der Waals surface area (Å²) in [6.45, 7) is 7.77. The highest BCUT2D eigenvalue weighted by Crippen LogP contribution is 2.45. The van der Waals surface area contributed by atoms with Crippen LogP contribution in [0.4, 0.5) is 17.3 Å². The zero-order valence-corrected chi connectivity index (χ0v) is 15.7. The summed E-state index contributed by atoms with van der Waals surface area (Å²) in [4.78, 5) is 13.4. The first-order valence-electron chi connectivity index (χ1n) is 9.10. The van der Waals surface area contributed by atoms with Crippen molar-refractivity contribution in [3.05, 3.63) is 41.2 Å². The Bertz CT molecular complexity index is 694. The van der Waals surface area contributed by atoms with Crippen LogP contribution in [0.3, 0.4) is 0 Å². The summed E-state index contributed by atoms with van der Waals surface area (Å²) >= 11 is 6.41. The van der Waals surface area contributed by atoms with Gasteiger partial charge in [0.05, 0.1) is 11.4 Å². The predicted octanol–water partition coefficient (Wildman–Crippen LogP) is 3.94. The van der Waals surface area contributed by atoms with Gasteiger partial charge in [-0.25, -0.2) is 4.98 Å². The fourth-order valence-electron chi connectivity index (χ4n) is 3.22. The largest absolute Gasteiger partial charge is 0.368 e. The molecule has 1 aliphatic carbocycles. The van der Waals surface area contributed by atoms with Gasteiger partial charge in [0.15, 0.2) is 5.15 Å². The Labute approximate surface area is 154 Å². The van der Waals surface area contributed by atoms with Crippen LogP contribution in [0, 0.1) is 0 Å². The van der Waals surface area contributed by atoms with Crippen molar-refractivity contribution in [2.75, 3.05) is 41.7 Å². The van der Waals surface area contributed by atoms with Gasteiger partial charge < -0.3 is 15.5 Å². The molecule has 0 radical (unpaired) electrons. The van der Waals surface area contributed by atoms with E-state index in [2.05, 4.69) is 44.0 Å². The van der Waals surface area contributed by atoms with E-state index in [1.54, 1.807) is 0 Å². The van der Waals surface area contributed by atoms with Gasteiger partial charge in [-0.05, 0) is 25.0 Å². The molecule has 0 atom stereocenters. The van der Waals surface area contributed by atoms with E-state index in [4.69, 9.17) is 17.3 Å². The first-order valence-corrected chi connectivity index (χ1v) is 9.48. The highest BCUT2D eigenvalue weighted by molar-refractivity contribution is 6.32. The van der Waals surface area contributed by atoms with Crippen molar-refractivity contribution in [1.82, 2.24) is 9.97 Å². The van der Waals surface area contributed by atoms with Crippen molar-refractivity contribution in [2.24, 2.45) is 0 Å². The maximum absolute atomic E-state index is 6.41. The molecule has 2 N–H and O–H groups in total. The van der Waals surface area contributed by atoms with Crippen LogP contribution in [0.2, 0.25) is 5.15 Å². The Morgan fingerprint density at radius 2 is 1.56 bits per heavy atom. The van der Waals surface area contributed by atoms with Gasteiger partial charge in [-0.15, -0.1) is 0 Å². The quantitative estimate of drug-likeness (QED) is 0.841. The Kier molecular flexibility index (Phi) is 5.63. The summed E-state index contributed by atoms with van der Waals surface area (Å²) in [5, 5.41) is 0.493. The molecule has 25 heavy (non-hydrogen) atoms. The number of aromatic nitrogens is 2. The third kappa shape index (κ3) is 3.98. The summed E-state index contributed by atoms with van der Waals surface area (Å²) in [7, 11) is 0. The molecule has 0 bridgehead atoms. The number of nitrogen functional groups attached to an aromatic ring is 1. The van der Waals surface area contributed by atoms with Crippen LogP contribution in [0.25, 0.3) is 0 Å². The lowest BCUT2D eigenvalue weighted by atomic mass is 10.2. The number of hydrogen-bond acceptors (Lipinski definition) is 5. The fraction of sp³-hybridized carbons (Fsp3) is 0.474. The summed E-state index contributed by atoms with van der Waals surface area (Å²) in [6.07, 6.45) is 2.34. The Balaban J connectivity index is 0.000000880. The highest BCUT2D eigenvalue weighted by Gasteiger charge is 2.32. The molecule has 4 rings (SSSR count). The molecule has 0 spiro atoms. The van der Waals surface area contributed by atoms with Gasteiger partial charge in [0.25, 0.3) is 0 Å². The van der Waals surface area contributed by atoms with Crippen molar-refractivity contribution in [1.29, 1.82) is 0 Å². The molecule has 1 saturated heterocycles. The van der Waals surface area contributed by atoms with Crippen LogP contribution in [0.15, 0.2) is 30.3 Å². The number of anilines is 3. The number of nitrogens with two attached hydrogens (primary N) is 1. The summed E-state index contributed by atoms with van der Waals surface area (Å²) in [5.74, 6) is 0.781. The minimum atomic E-state index is 0.281. The molecule has 134 valence electrons. The number of halogens is 1. The maximum atomic E-state index is 6.41. The van der Waals surface area contributed by atoms with Gasteiger partial charge in [0.1, 0.15) is 0 Å². The average Bonchev–Trinajstić information content (AvgIpc) is 3.49. The van der Waals surface area contributed by atoms with E-state index in [-0.39, 0.29) is 5.95 Å². The molecular formula is C19H26ClN5. The van der Waals surface area contributed by atoms with Crippen LogP contribution in [-0.2, 0) is 0 Å². The number of rotatable bonds is 3. The lowest BCUT2D eigenvalue weighted by molar-refractivity contribution is 0.648. The van der Waals surface area contributed by atoms with Crippen molar-refractivity contribution in [2.45, 2.75) is 32.6 Å². The zero-order chi connectivity index (χ0) is 17.8. The van der Waals surface area contributed by atoms with Crippen LogP contribution < -0.4 is 15.5 Å². The van der Waals surface area contributed by atoms with E-state index in [0.29, 0.717) is 11.1 Å². The third-order valence-corrected chi connectivity index (χ3v) is 4.83. The van der Waals surface area contributed by atoms with Gasteiger partial charge in [-0.2, -0.15) is 4.98 Å². The van der Waals surface area contributed by atoms with Crippen molar-refractivity contribution < 1.29 is 0 Å². The molecule has 1 saturated carbocycles. The minimum Gasteiger partial charge on any atom is -0.368 e. The van der Waals surface area contributed by atoms with Crippen molar-refractivity contribution >= 4 is 28.9 Å². The maximum Gasteiger partial charge on any atom is 0.221 e. The van der Waals surface area contributed by atoms with Crippen LogP contribution >= 0.6 is 11.6 Å². The summed E-state index contributed by atoms with van der Waals surface area (Å²) in [6, 6.07) is 10.5. The van der Waals surface area contributed by atoms with Gasteiger partial charge in [0, 0.05) is 37.8 Å². The lowest BCUT2D eigenvalue weighted by Crippen LogP contribution is -2.47. The van der Waals surface area contributed by atoms with E-state index in [0.717, 1.165) is 37.6 Å². The highest BCUT2D eigenvalue weighted by atomic mass is 35.5. The standard InChI is InChI=1S/C17H20ClN5.C2H6/c18-16-15(14(12-6-7-12)20-17(19)21-16)23-10-8-22(9-11-23)13-4-2-1-3-5-13;1-2/h1-5,12H,6-11H2,(H2,19,20,21);1-2H3. The van der Waals surface area contributed by atoms with E-state index < -0.39 is 0 Å². The average molecular weight is 360 g/mol. The summed E-state index contributed by atoms with van der Waals surface area (Å²) < 4.78 is 0. The Hall–Kier alpha value is -2.01. The molecule has 1 aromatic carbocycles. The van der Waals surface area contributed by atoms with Gasteiger partial charge in [-0.1, -0.05) is 43.6 Å². The van der Waals surface area contributed by atoms with E-state index in [1.165, 1.54) is 18.5 Å². The molecule has 1 aliphatic heterocycles. The summed E-state index contributed by atoms with van der Waals surface area (Å²) in [5.41, 5.74) is 9.09. The topological polar surface area (TPSA) is 58.3 Å². The van der Waals surface area contributed by atoms with Gasteiger partial charge >= 0.3 is 0 Å². The van der Waals surface area contributed by atoms with Crippen molar-refractivity contribution in [3.8, 4) is 0 Å². The fourth-order valence-corrected chi connectivity index (χ4v) is 3.52. The van der Waals surface area contributed by atoms with E-state index in [1.807, 2.05) is 19.9 Å². The van der Waals surface area contributed by atoms with Gasteiger partial charge in [0.2, 0.25) is 5.95 Å². The van der Waals surface area contributed by atoms with Gasteiger partial charge in [-0.3, -0.25) is 0 Å². The smallest absolute Gasteiger partial charge is 0.221 e. The second kappa shape index (κ2) is 7.91. The second-order valence-electron chi connectivity index (χ2n) is 6.19. The van der Waals surface area contributed by atoms with E-state index in [9.17, 15) is 0 Å².